The number of aromatic nitrogens is 3. The van der Waals surface area contributed by atoms with Crippen molar-refractivity contribution >= 4 is 60.9 Å². The number of hydrogen-bond donors (Lipinski definition) is 2. The summed E-state index contributed by atoms with van der Waals surface area (Å²) in [6, 6.07) is 3.51. The minimum absolute atomic E-state index is 0.0172. The van der Waals surface area contributed by atoms with Crippen molar-refractivity contribution in [1.29, 1.82) is 0 Å². The van der Waals surface area contributed by atoms with Gasteiger partial charge in [-0.2, -0.15) is 18.3 Å². The maximum atomic E-state index is 13.8. The largest absolute Gasteiger partial charge is 0.452 e. The monoisotopic (exact) mass is 567 g/mol. The molecular weight excluding hydrogens is 558 g/mol. The van der Waals surface area contributed by atoms with Crippen LogP contribution in [0, 0.1) is 0 Å². The van der Waals surface area contributed by atoms with Gasteiger partial charge in [-0.25, -0.2) is 9.67 Å². The fourth-order valence-corrected chi connectivity index (χ4v) is 4.14. The Morgan fingerprint density at radius 3 is 2.73 bits per heavy atom. The number of carbonyl (C=O) groups is 1. The molecule has 0 fully saturated rings. The van der Waals surface area contributed by atoms with E-state index in [2.05, 4.69) is 52.6 Å². The lowest BCUT2D eigenvalue weighted by atomic mass is 10.0. The number of halogens is 6. The van der Waals surface area contributed by atoms with E-state index in [1.807, 2.05) is 0 Å². The average molecular weight is 570 g/mol. The summed E-state index contributed by atoms with van der Waals surface area (Å²) in [5.74, 6) is -0.397. The standard InChI is InChI=1S/C17H11Br2ClF3N5O2/c18-11-4-3-9(30-11)8-6-10(17(21,22)23)28-15(25-8)12(19)13(27-28)16(29)26-7-2-1-5-24-14(7)20/h1-5,8,10,25H,6H2,(H,26,29)/t8-,10-/m1/s1. The summed E-state index contributed by atoms with van der Waals surface area (Å²) in [7, 11) is 0. The maximum Gasteiger partial charge on any atom is 0.410 e. The molecule has 0 aliphatic carbocycles. The summed E-state index contributed by atoms with van der Waals surface area (Å²) in [4.78, 5) is 16.5. The van der Waals surface area contributed by atoms with Crippen molar-refractivity contribution in [1.82, 2.24) is 14.8 Å². The Labute approximate surface area is 189 Å². The molecule has 0 saturated heterocycles. The summed E-state index contributed by atoms with van der Waals surface area (Å²) in [6.45, 7) is 0. The Balaban J connectivity index is 1.71. The molecule has 0 spiro atoms. The van der Waals surface area contributed by atoms with Crippen LogP contribution in [0.1, 0.15) is 34.8 Å². The van der Waals surface area contributed by atoms with Crippen LogP contribution in [0.25, 0.3) is 0 Å². The van der Waals surface area contributed by atoms with Crippen molar-refractivity contribution in [2.24, 2.45) is 0 Å². The Bertz CT molecular complexity index is 1120. The Kier molecular flexibility index (Phi) is 5.58. The summed E-state index contributed by atoms with van der Waals surface area (Å²) < 4.78 is 48.0. The van der Waals surface area contributed by atoms with Gasteiger partial charge >= 0.3 is 6.18 Å². The molecule has 2 N–H and O–H groups in total. The van der Waals surface area contributed by atoms with Gasteiger partial charge in [0, 0.05) is 12.6 Å². The summed E-state index contributed by atoms with van der Waals surface area (Å²) >= 11 is 12.3. The van der Waals surface area contributed by atoms with E-state index in [1.165, 1.54) is 12.3 Å². The Morgan fingerprint density at radius 2 is 2.10 bits per heavy atom. The van der Waals surface area contributed by atoms with Crippen LogP contribution in [0.2, 0.25) is 5.15 Å². The molecule has 13 heteroatoms. The van der Waals surface area contributed by atoms with E-state index in [1.54, 1.807) is 18.2 Å². The van der Waals surface area contributed by atoms with E-state index < -0.39 is 24.2 Å². The van der Waals surface area contributed by atoms with Crippen LogP contribution in [-0.2, 0) is 0 Å². The van der Waals surface area contributed by atoms with Gasteiger partial charge < -0.3 is 15.1 Å². The van der Waals surface area contributed by atoms with E-state index >= 15 is 0 Å². The zero-order valence-corrected chi connectivity index (χ0v) is 18.6. The van der Waals surface area contributed by atoms with E-state index in [0.29, 0.717) is 10.4 Å². The van der Waals surface area contributed by atoms with E-state index in [9.17, 15) is 18.0 Å². The molecule has 7 nitrogen and oxygen atoms in total. The normalized spacial score (nSPS) is 18.6. The lowest BCUT2D eigenvalue weighted by Gasteiger charge is -2.32. The zero-order chi connectivity index (χ0) is 21.6. The van der Waals surface area contributed by atoms with Gasteiger partial charge in [-0.3, -0.25) is 4.79 Å². The molecule has 1 aliphatic heterocycles. The predicted octanol–water partition coefficient (Wildman–Crippen LogP) is 5.96. The maximum absolute atomic E-state index is 13.8. The first kappa shape index (κ1) is 21.2. The second-order valence-electron chi connectivity index (χ2n) is 6.38. The number of furan rings is 1. The van der Waals surface area contributed by atoms with Gasteiger partial charge in [0.2, 0.25) is 0 Å². The number of amides is 1. The minimum atomic E-state index is -4.59. The van der Waals surface area contributed by atoms with Crippen LogP contribution in [0.5, 0.6) is 0 Å². The summed E-state index contributed by atoms with van der Waals surface area (Å²) in [6.07, 6.45) is -3.51. The van der Waals surface area contributed by atoms with Crippen LogP contribution in [0.15, 0.2) is 44.0 Å². The van der Waals surface area contributed by atoms with Crippen LogP contribution in [-0.4, -0.2) is 26.8 Å². The highest BCUT2D eigenvalue weighted by Gasteiger charge is 2.48. The molecular formula is C17H11Br2ClF3N5O2. The number of pyridine rings is 1. The highest BCUT2D eigenvalue weighted by atomic mass is 79.9. The summed E-state index contributed by atoms with van der Waals surface area (Å²) in [5.41, 5.74) is -0.0198. The van der Waals surface area contributed by atoms with Gasteiger partial charge in [-0.15, -0.1) is 0 Å². The predicted molar refractivity (Wildman–Crippen MR) is 110 cm³/mol. The van der Waals surface area contributed by atoms with Crippen molar-refractivity contribution in [3.63, 3.8) is 0 Å². The molecule has 0 saturated carbocycles. The van der Waals surface area contributed by atoms with E-state index in [0.717, 1.165) is 4.68 Å². The molecule has 1 amide bonds. The molecule has 0 radical (unpaired) electrons. The van der Waals surface area contributed by atoms with Crippen LogP contribution in [0.4, 0.5) is 24.7 Å². The third-order valence-corrected chi connectivity index (χ3v) is 5.93. The Hall–Kier alpha value is -2.05. The molecule has 0 unspecified atom stereocenters. The molecule has 4 heterocycles. The average Bonchev–Trinajstić information content (AvgIpc) is 3.26. The molecule has 4 rings (SSSR count). The molecule has 158 valence electrons. The van der Waals surface area contributed by atoms with Crippen molar-refractivity contribution in [2.45, 2.75) is 24.7 Å². The third kappa shape index (κ3) is 3.95. The molecule has 1 aliphatic rings. The lowest BCUT2D eigenvalue weighted by molar-refractivity contribution is -0.174. The highest BCUT2D eigenvalue weighted by Crippen LogP contribution is 2.46. The van der Waals surface area contributed by atoms with Gasteiger partial charge in [0.05, 0.1) is 16.2 Å². The first-order valence-electron chi connectivity index (χ1n) is 8.43. The van der Waals surface area contributed by atoms with Crippen LogP contribution in [0.3, 0.4) is 0 Å². The second kappa shape index (κ2) is 7.89. The second-order valence-corrected chi connectivity index (χ2v) is 8.32. The van der Waals surface area contributed by atoms with E-state index in [4.69, 9.17) is 16.0 Å². The number of alkyl halides is 3. The summed E-state index contributed by atoms with van der Waals surface area (Å²) in [5, 5.41) is 9.44. The fraction of sp³-hybridized carbons (Fsp3) is 0.235. The van der Waals surface area contributed by atoms with Crippen molar-refractivity contribution in [2.75, 3.05) is 10.6 Å². The van der Waals surface area contributed by atoms with Crippen molar-refractivity contribution < 1.29 is 22.4 Å². The Morgan fingerprint density at radius 1 is 1.33 bits per heavy atom. The molecule has 0 aromatic carbocycles. The number of carbonyl (C=O) groups excluding carboxylic acids is 1. The molecule has 2 atom stereocenters. The SMILES string of the molecule is O=C(Nc1cccnc1Cl)c1nn2c(c1Br)N[C@@H](c1ccc(Br)o1)C[C@@H]2C(F)(F)F. The van der Waals surface area contributed by atoms with Gasteiger partial charge in [0.25, 0.3) is 5.91 Å². The van der Waals surface area contributed by atoms with E-state index in [-0.39, 0.29) is 33.2 Å². The van der Waals surface area contributed by atoms with Crippen molar-refractivity contribution in [3.05, 3.63) is 56.2 Å². The minimum Gasteiger partial charge on any atom is -0.452 e. The van der Waals surface area contributed by atoms with Gasteiger partial charge in [-0.05, 0) is 56.1 Å². The lowest BCUT2D eigenvalue weighted by Crippen LogP contribution is -2.35. The first-order valence-corrected chi connectivity index (χ1v) is 10.4. The zero-order valence-electron chi connectivity index (χ0n) is 14.7. The van der Waals surface area contributed by atoms with Crippen LogP contribution < -0.4 is 10.6 Å². The third-order valence-electron chi connectivity index (χ3n) is 4.46. The number of nitrogens with zero attached hydrogens (tertiary/aromatic N) is 3. The highest BCUT2D eigenvalue weighted by molar-refractivity contribution is 9.10. The van der Waals surface area contributed by atoms with Gasteiger partial charge in [-0.1, -0.05) is 11.6 Å². The quantitative estimate of drug-likeness (QED) is 0.380. The number of rotatable bonds is 3. The molecule has 0 bridgehead atoms. The number of nitrogens with one attached hydrogen (secondary N) is 2. The molecule has 3 aromatic rings. The smallest absolute Gasteiger partial charge is 0.410 e. The van der Waals surface area contributed by atoms with Crippen molar-refractivity contribution in [3.8, 4) is 0 Å². The van der Waals surface area contributed by atoms with Gasteiger partial charge in [0.1, 0.15) is 11.6 Å². The fourth-order valence-electron chi connectivity index (χ4n) is 3.10. The van der Waals surface area contributed by atoms with Crippen LogP contribution >= 0.6 is 43.5 Å². The number of fused-ring (bicyclic) bond motifs is 1. The molecule has 3 aromatic heterocycles. The number of anilines is 2. The topological polar surface area (TPSA) is 85.0 Å². The first-order chi connectivity index (χ1) is 14.1. The molecule has 30 heavy (non-hydrogen) atoms. The van der Waals surface area contributed by atoms with Gasteiger partial charge in [0.15, 0.2) is 21.6 Å². The number of hydrogen-bond acceptors (Lipinski definition) is 5.